The first-order chi connectivity index (χ1) is 11.4. The lowest BCUT2D eigenvalue weighted by Gasteiger charge is -2.24. The number of amides is 1. The maximum absolute atomic E-state index is 11.6. The van der Waals surface area contributed by atoms with Crippen molar-refractivity contribution >= 4 is 35.3 Å². The fourth-order valence-electron chi connectivity index (χ4n) is 2.30. The molecular weight excluding hydrogens is 347 g/mol. The predicted molar refractivity (Wildman–Crippen MR) is 101 cm³/mol. The second-order valence-corrected chi connectivity index (χ2v) is 9.36. The van der Waals surface area contributed by atoms with Gasteiger partial charge in [-0.25, -0.2) is 0 Å². The third-order valence-corrected chi connectivity index (χ3v) is 6.52. The Morgan fingerprint density at radius 3 is 2.96 bits per heavy atom. The number of carbonyl (C=O) groups excluding carboxylic acids is 1. The van der Waals surface area contributed by atoms with Crippen LogP contribution in [0.4, 0.5) is 0 Å². The van der Waals surface area contributed by atoms with Gasteiger partial charge in [-0.2, -0.15) is 0 Å². The maximum Gasteiger partial charge on any atom is 0.220 e. The number of hydrogen-bond acceptors (Lipinski definition) is 7. The summed E-state index contributed by atoms with van der Waals surface area (Å²) in [5.41, 5.74) is 5.40. The number of nitrogens with two attached hydrogens (primary N) is 1. The lowest BCUT2D eigenvalue weighted by molar-refractivity contribution is -0.121. The topological polar surface area (TPSA) is 93.8 Å². The van der Waals surface area contributed by atoms with Gasteiger partial charge in [0, 0.05) is 30.3 Å². The molecule has 1 heterocycles. The van der Waals surface area contributed by atoms with Crippen LogP contribution in [0.25, 0.3) is 0 Å². The first-order valence-corrected chi connectivity index (χ1v) is 10.6. The average molecular weight is 376 g/mol. The fourth-order valence-corrected chi connectivity index (χ4v) is 4.47. The number of nitrogens with one attached hydrogen (secondary N) is 1. The van der Waals surface area contributed by atoms with Crippen molar-refractivity contribution < 1.29 is 19.4 Å². The van der Waals surface area contributed by atoms with E-state index in [4.69, 9.17) is 28.2 Å². The van der Waals surface area contributed by atoms with Crippen molar-refractivity contribution in [1.82, 2.24) is 5.32 Å². The van der Waals surface area contributed by atoms with Crippen LogP contribution < -0.4 is 11.1 Å². The zero-order valence-corrected chi connectivity index (χ0v) is 16.2. The van der Waals surface area contributed by atoms with Gasteiger partial charge in [-0.15, -0.1) is 0 Å². The van der Waals surface area contributed by atoms with Gasteiger partial charge >= 0.3 is 0 Å². The first-order valence-electron chi connectivity index (χ1n) is 8.29. The molecule has 1 amide bonds. The van der Waals surface area contributed by atoms with E-state index in [-0.39, 0.29) is 35.5 Å². The SMILES string of the molecule is [B][C@H]1C[C@@H](OCSSC(C)(C)CNC(=O)CCCN)C(CCO)O1. The van der Waals surface area contributed by atoms with Crippen LogP contribution in [0.3, 0.4) is 0 Å². The lowest BCUT2D eigenvalue weighted by atomic mass is 9.96. The molecular formula is C15H29BN2O4S2. The van der Waals surface area contributed by atoms with Crippen LogP contribution in [0.2, 0.25) is 0 Å². The first kappa shape index (κ1) is 22.1. The molecule has 24 heavy (non-hydrogen) atoms. The van der Waals surface area contributed by atoms with E-state index in [1.54, 1.807) is 21.6 Å². The van der Waals surface area contributed by atoms with Gasteiger partial charge in [0.25, 0.3) is 0 Å². The molecule has 0 aromatic heterocycles. The van der Waals surface area contributed by atoms with Crippen molar-refractivity contribution in [2.45, 2.75) is 62.5 Å². The summed E-state index contributed by atoms with van der Waals surface area (Å²) in [5, 5.41) is 12.0. The Bertz CT molecular complexity index is 377. The Kier molecular flexibility index (Phi) is 10.7. The van der Waals surface area contributed by atoms with Crippen molar-refractivity contribution in [3.63, 3.8) is 0 Å². The quantitative estimate of drug-likeness (QED) is 0.203. The average Bonchev–Trinajstić information content (AvgIpc) is 2.88. The molecule has 4 N–H and O–H groups in total. The highest BCUT2D eigenvalue weighted by Crippen LogP contribution is 2.36. The summed E-state index contributed by atoms with van der Waals surface area (Å²) in [6.45, 7) is 5.35. The molecule has 1 unspecified atom stereocenters. The van der Waals surface area contributed by atoms with Crippen LogP contribution >= 0.6 is 21.6 Å². The highest BCUT2D eigenvalue weighted by atomic mass is 33.1. The van der Waals surface area contributed by atoms with E-state index in [2.05, 4.69) is 19.2 Å². The molecule has 1 saturated heterocycles. The van der Waals surface area contributed by atoms with Crippen LogP contribution in [-0.2, 0) is 14.3 Å². The molecule has 0 aromatic rings. The van der Waals surface area contributed by atoms with Gasteiger partial charge in [0.1, 0.15) is 13.8 Å². The Hall–Kier alpha value is 0.0749. The summed E-state index contributed by atoms with van der Waals surface area (Å²) in [6, 6.07) is -0.315. The van der Waals surface area contributed by atoms with Crippen LogP contribution in [0, 0.1) is 0 Å². The standard InChI is InChI=1S/C15H29BN2O4S2/c1-15(2,9-18-14(20)4-3-6-17)24-23-10-21-12-8-13(16)22-11(12)5-7-19/h11-13,19H,3-10,17H2,1-2H3,(H,18,20)/t11?,12-,13-/m1/s1. The van der Waals surface area contributed by atoms with Gasteiger partial charge in [-0.1, -0.05) is 21.6 Å². The predicted octanol–water partition coefficient (Wildman–Crippen LogP) is 1.01. The lowest BCUT2D eigenvalue weighted by Crippen LogP contribution is -2.36. The number of aliphatic hydroxyl groups excluding tert-OH is 1. The molecule has 0 spiro atoms. The molecule has 1 aliphatic rings. The minimum absolute atomic E-state index is 0.0410. The summed E-state index contributed by atoms with van der Waals surface area (Å²) < 4.78 is 11.3. The third-order valence-electron chi connectivity index (χ3n) is 3.58. The number of ether oxygens (including phenoxy) is 2. The molecule has 2 radical (unpaired) electrons. The molecule has 1 aliphatic heterocycles. The molecule has 0 aliphatic carbocycles. The zero-order chi connectivity index (χ0) is 18.0. The van der Waals surface area contributed by atoms with E-state index in [1.807, 2.05) is 0 Å². The van der Waals surface area contributed by atoms with Crippen molar-refractivity contribution in [1.29, 1.82) is 0 Å². The molecule has 1 rings (SSSR count). The van der Waals surface area contributed by atoms with Gasteiger partial charge in [-0.05, 0) is 39.7 Å². The van der Waals surface area contributed by atoms with E-state index in [0.29, 0.717) is 44.7 Å². The smallest absolute Gasteiger partial charge is 0.220 e. The van der Waals surface area contributed by atoms with Gasteiger partial charge in [0.2, 0.25) is 5.91 Å². The Morgan fingerprint density at radius 2 is 2.29 bits per heavy atom. The number of rotatable bonds is 12. The highest BCUT2D eigenvalue weighted by Gasteiger charge is 2.33. The maximum atomic E-state index is 11.6. The van der Waals surface area contributed by atoms with E-state index >= 15 is 0 Å². The number of carbonyl (C=O) groups is 1. The Balaban J connectivity index is 2.19. The summed E-state index contributed by atoms with van der Waals surface area (Å²) in [7, 11) is 9.05. The molecule has 138 valence electrons. The fraction of sp³-hybridized carbons (Fsp3) is 0.933. The van der Waals surface area contributed by atoms with Crippen molar-refractivity contribution in [3.8, 4) is 0 Å². The summed E-state index contributed by atoms with van der Waals surface area (Å²) >= 11 is 0. The highest BCUT2D eigenvalue weighted by molar-refractivity contribution is 8.77. The minimum Gasteiger partial charge on any atom is -0.396 e. The minimum atomic E-state index is -0.315. The number of aliphatic hydroxyl groups is 1. The third kappa shape index (κ3) is 8.96. The normalized spacial score (nSPS) is 24.2. The largest absolute Gasteiger partial charge is 0.396 e. The van der Waals surface area contributed by atoms with Gasteiger partial charge in [-0.3, -0.25) is 4.79 Å². The van der Waals surface area contributed by atoms with Crippen LogP contribution in [0.1, 0.15) is 39.5 Å². The molecule has 0 bridgehead atoms. The zero-order valence-electron chi connectivity index (χ0n) is 14.5. The van der Waals surface area contributed by atoms with Crippen LogP contribution in [0.5, 0.6) is 0 Å². The molecule has 3 atom stereocenters. The second kappa shape index (κ2) is 11.6. The van der Waals surface area contributed by atoms with Crippen molar-refractivity contribution in [2.24, 2.45) is 5.73 Å². The summed E-state index contributed by atoms with van der Waals surface area (Å²) in [6.07, 6.45) is 2.17. The number of hydrogen-bond donors (Lipinski definition) is 3. The van der Waals surface area contributed by atoms with Crippen molar-refractivity contribution in [2.75, 3.05) is 25.6 Å². The van der Waals surface area contributed by atoms with Gasteiger partial charge < -0.3 is 25.6 Å². The molecule has 1 fully saturated rings. The summed E-state index contributed by atoms with van der Waals surface area (Å²) in [4.78, 5) is 11.6. The van der Waals surface area contributed by atoms with Gasteiger partial charge in [0.15, 0.2) is 0 Å². The van der Waals surface area contributed by atoms with Gasteiger partial charge in [0.05, 0.1) is 12.2 Å². The molecule has 6 nitrogen and oxygen atoms in total. The van der Waals surface area contributed by atoms with E-state index in [9.17, 15) is 4.79 Å². The molecule has 0 aromatic carbocycles. The summed E-state index contributed by atoms with van der Waals surface area (Å²) in [5.74, 6) is 0.553. The molecule has 0 saturated carbocycles. The van der Waals surface area contributed by atoms with E-state index in [1.165, 1.54) is 0 Å². The second-order valence-electron chi connectivity index (χ2n) is 6.41. The monoisotopic (exact) mass is 376 g/mol. The van der Waals surface area contributed by atoms with Crippen LogP contribution in [0.15, 0.2) is 0 Å². The van der Waals surface area contributed by atoms with Crippen LogP contribution in [-0.4, -0.2) is 67.5 Å². The van der Waals surface area contributed by atoms with Crippen molar-refractivity contribution in [3.05, 3.63) is 0 Å². The Morgan fingerprint density at radius 1 is 1.54 bits per heavy atom. The Labute approximate surface area is 154 Å². The van der Waals surface area contributed by atoms with E-state index < -0.39 is 0 Å². The van der Waals surface area contributed by atoms with E-state index in [0.717, 1.165) is 0 Å². The molecule has 9 heteroatoms.